The normalized spacial score (nSPS) is 28.8. The van der Waals surface area contributed by atoms with Crippen molar-refractivity contribution in [1.82, 2.24) is 14.8 Å². The first-order valence-electron chi connectivity index (χ1n) is 9.74. The van der Waals surface area contributed by atoms with Crippen molar-refractivity contribution in [2.45, 2.75) is 51.0 Å². The second kappa shape index (κ2) is 7.22. The second-order valence-corrected chi connectivity index (χ2v) is 7.98. The molecule has 1 saturated carbocycles. The maximum atomic E-state index is 12.8. The summed E-state index contributed by atoms with van der Waals surface area (Å²) in [6, 6.07) is 6.17. The maximum absolute atomic E-state index is 12.8. The van der Waals surface area contributed by atoms with Crippen molar-refractivity contribution in [2.75, 3.05) is 26.2 Å². The number of nitrogens with zero attached hydrogens (tertiary/aromatic N) is 3. The predicted molar refractivity (Wildman–Crippen MR) is 94.8 cm³/mol. The molecule has 4 heteroatoms. The first-order chi connectivity index (χ1) is 11.8. The Morgan fingerprint density at radius 2 is 1.92 bits per heavy atom. The summed E-state index contributed by atoms with van der Waals surface area (Å²) in [6.45, 7) is 4.24. The van der Waals surface area contributed by atoms with Gasteiger partial charge in [0, 0.05) is 38.4 Å². The van der Waals surface area contributed by atoms with E-state index in [0.717, 1.165) is 19.0 Å². The fourth-order valence-corrected chi connectivity index (χ4v) is 4.92. The number of carbonyl (C=O) groups is 1. The van der Waals surface area contributed by atoms with Gasteiger partial charge in [0.15, 0.2) is 0 Å². The van der Waals surface area contributed by atoms with Gasteiger partial charge in [0.1, 0.15) is 5.69 Å². The number of rotatable bonds is 3. The number of carbonyl (C=O) groups excluding carboxylic acids is 1. The van der Waals surface area contributed by atoms with E-state index in [0.29, 0.717) is 17.7 Å². The van der Waals surface area contributed by atoms with Crippen LogP contribution in [0.2, 0.25) is 0 Å². The Balaban J connectivity index is 1.43. The van der Waals surface area contributed by atoms with Crippen molar-refractivity contribution in [3.8, 4) is 0 Å². The first kappa shape index (κ1) is 16.1. The molecule has 2 atom stereocenters. The number of amides is 1. The van der Waals surface area contributed by atoms with Crippen LogP contribution in [0.1, 0.15) is 55.4 Å². The lowest BCUT2D eigenvalue weighted by atomic mass is 9.87. The van der Waals surface area contributed by atoms with Gasteiger partial charge in [-0.05, 0) is 49.7 Å². The molecule has 3 aliphatic heterocycles. The lowest BCUT2D eigenvalue weighted by Gasteiger charge is -2.39. The van der Waals surface area contributed by atoms with E-state index in [9.17, 15) is 4.79 Å². The van der Waals surface area contributed by atoms with E-state index in [1.807, 2.05) is 18.2 Å². The van der Waals surface area contributed by atoms with Gasteiger partial charge in [-0.2, -0.15) is 0 Å². The molecule has 5 rings (SSSR count). The Kier molecular flexibility index (Phi) is 4.83. The third kappa shape index (κ3) is 3.49. The van der Waals surface area contributed by atoms with Crippen molar-refractivity contribution >= 4 is 5.91 Å². The SMILES string of the molecule is O=C(c1ccccn1)N1C[C@H]2CC[C@@H](C1)N(CC1CCCCC1)C2. The van der Waals surface area contributed by atoms with Gasteiger partial charge >= 0.3 is 0 Å². The summed E-state index contributed by atoms with van der Waals surface area (Å²) in [6.07, 6.45) is 11.3. The molecule has 1 amide bonds. The van der Waals surface area contributed by atoms with Crippen LogP contribution >= 0.6 is 0 Å². The number of aromatic nitrogens is 1. The van der Waals surface area contributed by atoms with Gasteiger partial charge in [0.05, 0.1) is 0 Å². The largest absolute Gasteiger partial charge is 0.335 e. The minimum Gasteiger partial charge on any atom is -0.335 e. The summed E-state index contributed by atoms with van der Waals surface area (Å²) < 4.78 is 0. The Morgan fingerprint density at radius 1 is 1.04 bits per heavy atom. The zero-order chi connectivity index (χ0) is 16.4. The Hall–Kier alpha value is -1.42. The predicted octanol–water partition coefficient (Wildman–Crippen LogP) is 3.20. The third-order valence-electron chi connectivity index (χ3n) is 6.22. The Labute approximate surface area is 145 Å². The van der Waals surface area contributed by atoms with Gasteiger partial charge in [-0.1, -0.05) is 25.3 Å². The molecule has 0 N–H and O–H groups in total. The van der Waals surface area contributed by atoms with Crippen molar-refractivity contribution < 1.29 is 4.79 Å². The fraction of sp³-hybridized carbons (Fsp3) is 0.700. The zero-order valence-corrected chi connectivity index (χ0v) is 14.6. The van der Waals surface area contributed by atoms with Crippen molar-refractivity contribution in [1.29, 1.82) is 0 Å². The molecule has 3 saturated heterocycles. The number of piperidine rings is 1. The molecule has 0 aromatic carbocycles. The van der Waals surface area contributed by atoms with Crippen LogP contribution in [0, 0.1) is 11.8 Å². The standard InChI is InChI=1S/C20H29N3O/c24-20(19-8-4-5-11-21-19)23-14-17-9-10-18(15-23)22(13-17)12-16-6-2-1-3-7-16/h4-5,8,11,16-18H,1-3,6-7,9-10,12-15H2/t17-,18-/m0/s1. The van der Waals surface area contributed by atoms with E-state index in [4.69, 9.17) is 0 Å². The molecule has 0 unspecified atom stereocenters. The highest BCUT2D eigenvalue weighted by Gasteiger charge is 2.37. The van der Waals surface area contributed by atoms with Gasteiger partial charge in [0.2, 0.25) is 0 Å². The maximum Gasteiger partial charge on any atom is 0.272 e. The molecule has 4 fully saturated rings. The van der Waals surface area contributed by atoms with Crippen LogP contribution < -0.4 is 0 Å². The molecule has 2 bridgehead atoms. The van der Waals surface area contributed by atoms with E-state index in [1.165, 1.54) is 58.0 Å². The first-order valence-corrected chi connectivity index (χ1v) is 9.74. The number of pyridine rings is 1. The molecule has 4 heterocycles. The van der Waals surface area contributed by atoms with Gasteiger partial charge in [0.25, 0.3) is 5.91 Å². The van der Waals surface area contributed by atoms with E-state index in [2.05, 4.69) is 14.8 Å². The Morgan fingerprint density at radius 3 is 2.71 bits per heavy atom. The molecule has 4 nitrogen and oxygen atoms in total. The third-order valence-corrected chi connectivity index (χ3v) is 6.22. The Bertz CT molecular complexity index is 555. The minimum absolute atomic E-state index is 0.118. The average Bonchev–Trinajstić information content (AvgIpc) is 2.94. The highest BCUT2D eigenvalue weighted by molar-refractivity contribution is 5.92. The van der Waals surface area contributed by atoms with Gasteiger partial charge in [-0.15, -0.1) is 0 Å². The van der Waals surface area contributed by atoms with Gasteiger partial charge < -0.3 is 4.90 Å². The van der Waals surface area contributed by atoms with E-state index in [-0.39, 0.29) is 5.91 Å². The lowest BCUT2D eigenvalue weighted by Crippen LogP contribution is -2.46. The zero-order valence-electron chi connectivity index (χ0n) is 14.6. The molecule has 1 aromatic rings. The topological polar surface area (TPSA) is 36.4 Å². The van der Waals surface area contributed by atoms with Crippen LogP contribution in [0.15, 0.2) is 24.4 Å². The van der Waals surface area contributed by atoms with Crippen molar-refractivity contribution in [3.05, 3.63) is 30.1 Å². The lowest BCUT2D eigenvalue weighted by molar-refractivity contribution is 0.0722. The van der Waals surface area contributed by atoms with E-state index in [1.54, 1.807) is 6.20 Å². The van der Waals surface area contributed by atoms with Crippen molar-refractivity contribution in [2.24, 2.45) is 11.8 Å². The number of hydrogen-bond acceptors (Lipinski definition) is 3. The highest BCUT2D eigenvalue weighted by atomic mass is 16.2. The summed E-state index contributed by atoms with van der Waals surface area (Å²) in [5.41, 5.74) is 0.595. The van der Waals surface area contributed by atoms with Crippen LogP contribution in [0.25, 0.3) is 0 Å². The highest BCUT2D eigenvalue weighted by Crippen LogP contribution is 2.32. The summed E-state index contributed by atoms with van der Waals surface area (Å²) >= 11 is 0. The smallest absolute Gasteiger partial charge is 0.272 e. The molecular weight excluding hydrogens is 298 g/mol. The van der Waals surface area contributed by atoms with Crippen LogP contribution in [0.5, 0.6) is 0 Å². The summed E-state index contributed by atoms with van der Waals surface area (Å²) in [5.74, 6) is 1.64. The van der Waals surface area contributed by atoms with Crippen LogP contribution in [-0.2, 0) is 0 Å². The number of fused-ring (bicyclic) bond motifs is 4. The molecule has 130 valence electrons. The average molecular weight is 327 g/mol. The summed E-state index contributed by atoms with van der Waals surface area (Å²) in [5, 5.41) is 0. The van der Waals surface area contributed by atoms with Gasteiger partial charge in [-0.25, -0.2) is 0 Å². The van der Waals surface area contributed by atoms with Gasteiger partial charge in [-0.3, -0.25) is 14.7 Å². The molecule has 0 spiro atoms. The monoisotopic (exact) mass is 327 g/mol. The quantitative estimate of drug-likeness (QED) is 0.855. The summed E-state index contributed by atoms with van der Waals surface area (Å²) in [7, 11) is 0. The summed E-state index contributed by atoms with van der Waals surface area (Å²) in [4.78, 5) is 21.9. The van der Waals surface area contributed by atoms with Crippen molar-refractivity contribution in [3.63, 3.8) is 0 Å². The van der Waals surface area contributed by atoms with E-state index < -0.39 is 0 Å². The van der Waals surface area contributed by atoms with Crippen LogP contribution in [-0.4, -0.2) is 52.9 Å². The van der Waals surface area contributed by atoms with Crippen LogP contribution in [0.4, 0.5) is 0 Å². The fourth-order valence-electron chi connectivity index (χ4n) is 4.92. The molecule has 0 radical (unpaired) electrons. The molecule has 1 aliphatic carbocycles. The molecule has 4 aliphatic rings. The van der Waals surface area contributed by atoms with Crippen LogP contribution in [0.3, 0.4) is 0 Å². The van der Waals surface area contributed by atoms with E-state index >= 15 is 0 Å². The molecule has 24 heavy (non-hydrogen) atoms. The molecular formula is C20H29N3O. The number of hydrogen-bond donors (Lipinski definition) is 0. The minimum atomic E-state index is 0.118. The second-order valence-electron chi connectivity index (χ2n) is 7.98. The molecule has 1 aromatic heterocycles.